The van der Waals surface area contributed by atoms with E-state index in [-0.39, 0.29) is 29.4 Å². The molecule has 2 heterocycles. The van der Waals surface area contributed by atoms with Crippen molar-refractivity contribution in [2.75, 3.05) is 13.9 Å². The Labute approximate surface area is 156 Å². The van der Waals surface area contributed by atoms with Crippen LogP contribution in [0.3, 0.4) is 0 Å². The number of nitriles is 1. The van der Waals surface area contributed by atoms with E-state index >= 15 is 0 Å². The molecule has 0 amide bonds. The second-order valence-corrected chi connectivity index (χ2v) is 7.66. The molecule has 140 valence electrons. The minimum Gasteiger partial charge on any atom is -0.493 e. The lowest BCUT2D eigenvalue weighted by Gasteiger charge is -2.37. The van der Waals surface area contributed by atoms with Crippen LogP contribution in [0.5, 0.6) is 17.2 Å². The van der Waals surface area contributed by atoms with Gasteiger partial charge in [0.05, 0.1) is 13.0 Å². The number of rotatable bonds is 2. The molecule has 0 spiro atoms. The van der Waals surface area contributed by atoms with Crippen LogP contribution in [-0.2, 0) is 9.53 Å². The Balaban J connectivity index is 1.91. The summed E-state index contributed by atoms with van der Waals surface area (Å²) < 4.78 is 22.1. The molecule has 1 aromatic rings. The van der Waals surface area contributed by atoms with Crippen LogP contribution < -0.4 is 19.9 Å². The smallest absolute Gasteiger partial charge is 0.231 e. The lowest BCUT2D eigenvalue weighted by atomic mass is 9.70. The number of nitrogens with two attached hydrogens (primary N) is 1. The molecule has 1 atom stereocenters. The number of carbonyl (C=O) groups excluding carboxylic acids is 1. The number of allylic oxidation sites excluding steroid dienone is 3. The Morgan fingerprint density at radius 1 is 1.30 bits per heavy atom. The maximum atomic E-state index is 13.0. The van der Waals surface area contributed by atoms with E-state index in [4.69, 9.17) is 24.7 Å². The Bertz CT molecular complexity index is 952. The van der Waals surface area contributed by atoms with Crippen molar-refractivity contribution in [3.63, 3.8) is 0 Å². The third kappa shape index (κ3) is 2.69. The summed E-state index contributed by atoms with van der Waals surface area (Å²) in [7, 11) is 1.53. The van der Waals surface area contributed by atoms with Crippen LogP contribution in [-0.4, -0.2) is 19.7 Å². The molecule has 1 aliphatic carbocycles. The van der Waals surface area contributed by atoms with E-state index in [0.29, 0.717) is 47.0 Å². The van der Waals surface area contributed by atoms with Crippen LogP contribution in [0.25, 0.3) is 0 Å². The van der Waals surface area contributed by atoms with Gasteiger partial charge in [-0.2, -0.15) is 5.26 Å². The van der Waals surface area contributed by atoms with Crippen molar-refractivity contribution in [3.8, 4) is 23.3 Å². The summed E-state index contributed by atoms with van der Waals surface area (Å²) in [5.41, 5.74) is 7.20. The Hall–Kier alpha value is -3.14. The van der Waals surface area contributed by atoms with Crippen molar-refractivity contribution >= 4 is 5.78 Å². The van der Waals surface area contributed by atoms with Gasteiger partial charge in [-0.05, 0) is 23.1 Å². The van der Waals surface area contributed by atoms with E-state index < -0.39 is 5.92 Å². The van der Waals surface area contributed by atoms with Crippen LogP contribution >= 0.6 is 0 Å². The highest BCUT2D eigenvalue weighted by atomic mass is 16.7. The molecule has 0 radical (unpaired) electrons. The SMILES string of the molecule is COc1cc([C@@H]2C(C#N)=C(N)OC3=C2C(=O)CC(C)(C)C3)cc2c1OCO2. The Morgan fingerprint density at radius 3 is 2.78 bits per heavy atom. The van der Waals surface area contributed by atoms with E-state index in [1.165, 1.54) is 7.11 Å². The zero-order chi connectivity index (χ0) is 19.3. The lowest BCUT2D eigenvalue weighted by molar-refractivity contribution is -0.119. The normalized spacial score (nSPS) is 22.9. The quantitative estimate of drug-likeness (QED) is 0.856. The molecule has 7 nitrogen and oxygen atoms in total. The summed E-state index contributed by atoms with van der Waals surface area (Å²) in [5.74, 6) is 1.41. The lowest BCUT2D eigenvalue weighted by Crippen LogP contribution is -2.33. The van der Waals surface area contributed by atoms with Gasteiger partial charge < -0.3 is 24.7 Å². The molecule has 0 bridgehead atoms. The second-order valence-electron chi connectivity index (χ2n) is 7.66. The van der Waals surface area contributed by atoms with Gasteiger partial charge in [-0.1, -0.05) is 13.8 Å². The zero-order valence-corrected chi connectivity index (χ0v) is 15.4. The molecule has 0 saturated carbocycles. The molecule has 27 heavy (non-hydrogen) atoms. The van der Waals surface area contributed by atoms with Gasteiger partial charge in [0.25, 0.3) is 0 Å². The molecule has 7 heteroatoms. The first-order valence-corrected chi connectivity index (χ1v) is 8.66. The molecule has 0 aromatic heterocycles. The Morgan fingerprint density at radius 2 is 2.07 bits per heavy atom. The summed E-state index contributed by atoms with van der Waals surface area (Å²) in [6, 6.07) is 5.63. The third-order valence-corrected chi connectivity index (χ3v) is 5.09. The average Bonchev–Trinajstić information content (AvgIpc) is 3.07. The fourth-order valence-electron chi connectivity index (χ4n) is 3.93. The van der Waals surface area contributed by atoms with Crippen molar-refractivity contribution in [1.82, 2.24) is 0 Å². The number of ketones is 1. The van der Waals surface area contributed by atoms with Crippen molar-refractivity contribution in [3.05, 3.63) is 40.5 Å². The first kappa shape index (κ1) is 17.3. The molecule has 0 saturated heterocycles. The molecular weight excluding hydrogens is 348 g/mol. The van der Waals surface area contributed by atoms with Crippen LogP contribution in [0.1, 0.15) is 38.2 Å². The van der Waals surface area contributed by atoms with E-state index in [1.54, 1.807) is 12.1 Å². The van der Waals surface area contributed by atoms with Gasteiger partial charge >= 0.3 is 0 Å². The van der Waals surface area contributed by atoms with Crippen LogP contribution in [0, 0.1) is 16.7 Å². The number of Topliss-reactive ketones (excluding diaryl/α,β-unsaturated/α-hetero) is 1. The monoisotopic (exact) mass is 368 g/mol. The number of fused-ring (bicyclic) bond motifs is 1. The van der Waals surface area contributed by atoms with Crippen molar-refractivity contribution < 1.29 is 23.7 Å². The van der Waals surface area contributed by atoms with Gasteiger partial charge in [-0.3, -0.25) is 4.79 Å². The van der Waals surface area contributed by atoms with Gasteiger partial charge in [-0.15, -0.1) is 0 Å². The van der Waals surface area contributed by atoms with Gasteiger partial charge in [-0.25, -0.2) is 0 Å². The first-order chi connectivity index (χ1) is 12.8. The zero-order valence-electron chi connectivity index (χ0n) is 15.4. The van der Waals surface area contributed by atoms with E-state index in [1.807, 2.05) is 13.8 Å². The summed E-state index contributed by atoms with van der Waals surface area (Å²) in [4.78, 5) is 13.0. The molecule has 2 aliphatic heterocycles. The van der Waals surface area contributed by atoms with Crippen LogP contribution in [0.2, 0.25) is 0 Å². The van der Waals surface area contributed by atoms with Gasteiger partial charge in [0.15, 0.2) is 17.3 Å². The van der Waals surface area contributed by atoms with E-state index in [2.05, 4.69) is 6.07 Å². The highest BCUT2D eigenvalue weighted by molar-refractivity contribution is 6.00. The molecule has 4 rings (SSSR count). The minimum absolute atomic E-state index is 0.0309. The number of carbonyl (C=O) groups is 1. The largest absolute Gasteiger partial charge is 0.493 e. The molecular formula is C20H20N2O5. The fraction of sp³-hybridized carbons (Fsp3) is 0.400. The van der Waals surface area contributed by atoms with Crippen LogP contribution in [0.4, 0.5) is 0 Å². The van der Waals surface area contributed by atoms with E-state index in [0.717, 1.165) is 0 Å². The predicted molar refractivity (Wildman–Crippen MR) is 94.8 cm³/mol. The molecule has 0 unspecified atom stereocenters. The third-order valence-electron chi connectivity index (χ3n) is 5.09. The number of hydrogen-bond donors (Lipinski definition) is 1. The molecule has 3 aliphatic rings. The number of methoxy groups -OCH3 is 1. The van der Waals surface area contributed by atoms with E-state index in [9.17, 15) is 10.1 Å². The number of ether oxygens (including phenoxy) is 4. The average molecular weight is 368 g/mol. The minimum atomic E-state index is -0.620. The first-order valence-electron chi connectivity index (χ1n) is 8.66. The summed E-state index contributed by atoms with van der Waals surface area (Å²) >= 11 is 0. The van der Waals surface area contributed by atoms with Crippen molar-refractivity contribution in [2.24, 2.45) is 11.1 Å². The van der Waals surface area contributed by atoms with Gasteiger partial charge in [0.2, 0.25) is 18.4 Å². The van der Waals surface area contributed by atoms with Crippen molar-refractivity contribution in [2.45, 2.75) is 32.6 Å². The maximum Gasteiger partial charge on any atom is 0.231 e. The Kier molecular flexibility index (Phi) is 3.81. The molecule has 2 N–H and O–H groups in total. The second kappa shape index (κ2) is 5.95. The summed E-state index contributed by atoms with van der Waals surface area (Å²) in [5, 5.41) is 9.70. The maximum absolute atomic E-state index is 13.0. The topological polar surface area (TPSA) is 104 Å². The highest BCUT2D eigenvalue weighted by Gasteiger charge is 2.43. The number of nitrogens with zero attached hydrogens (tertiary/aromatic N) is 1. The van der Waals surface area contributed by atoms with Crippen LogP contribution in [0.15, 0.2) is 34.9 Å². The molecule has 1 aromatic carbocycles. The number of benzene rings is 1. The van der Waals surface area contributed by atoms with Gasteiger partial charge in [0, 0.05) is 18.4 Å². The standard InChI is InChI=1S/C20H20N2O5/c1-20(2)6-12(23)17-15(7-20)27-19(22)11(8-21)16(17)10-4-13(24-3)18-14(5-10)25-9-26-18/h4-5,16H,6-7,9,22H2,1-3H3/t16-/m1/s1. The number of hydrogen-bond acceptors (Lipinski definition) is 7. The molecule has 0 fully saturated rings. The van der Waals surface area contributed by atoms with Gasteiger partial charge in [0.1, 0.15) is 17.4 Å². The van der Waals surface area contributed by atoms with Crippen molar-refractivity contribution in [1.29, 1.82) is 5.26 Å². The summed E-state index contributed by atoms with van der Waals surface area (Å²) in [6.45, 7) is 4.11. The fourth-order valence-corrected chi connectivity index (χ4v) is 3.93. The predicted octanol–water partition coefficient (Wildman–Crippen LogP) is 2.87. The summed E-state index contributed by atoms with van der Waals surface area (Å²) in [6.07, 6.45) is 0.956. The highest BCUT2D eigenvalue weighted by Crippen LogP contribution is 2.51.